The standard InChI is InChI=1S/C10H21BN2O3S/c1-9(2,14)10(11)5-8(6-12-7-10)13(3)17(4,15)16/h8,12,14H,5-7H2,1-4H3/t8-,10+/m1/s1. The first kappa shape index (κ1) is 15.0. The van der Waals surface area contributed by atoms with Gasteiger partial charge in [-0.3, -0.25) is 0 Å². The van der Waals surface area contributed by atoms with Gasteiger partial charge in [0.25, 0.3) is 0 Å². The molecule has 98 valence electrons. The molecule has 0 bridgehead atoms. The van der Waals surface area contributed by atoms with Gasteiger partial charge in [0.2, 0.25) is 10.0 Å². The molecule has 7 heteroatoms. The molecule has 2 radical (unpaired) electrons. The number of nitrogens with zero attached hydrogens (tertiary/aromatic N) is 1. The molecule has 1 aliphatic rings. The Morgan fingerprint density at radius 3 is 2.47 bits per heavy atom. The van der Waals surface area contributed by atoms with Crippen molar-refractivity contribution in [1.82, 2.24) is 9.62 Å². The molecule has 0 aromatic rings. The zero-order valence-electron chi connectivity index (χ0n) is 10.9. The second-order valence-corrected chi connectivity index (χ2v) is 7.53. The minimum absolute atomic E-state index is 0.227. The van der Waals surface area contributed by atoms with Gasteiger partial charge in [-0.15, -0.1) is 0 Å². The number of hydrogen-bond acceptors (Lipinski definition) is 4. The highest BCUT2D eigenvalue weighted by Gasteiger charge is 2.44. The van der Waals surface area contributed by atoms with E-state index in [9.17, 15) is 13.5 Å². The number of likely N-dealkylation sites (N-methyl/N-ethyl adjacent to an activating group) is 1. The Balaban J connectivity index is 2.88. The average Bonchev–Trinajstić information content (AvgIpc) is 2.13. The molecule has 2 N–H and O–H groups in total. The molecule has 1 aliphatic heterocycles. The van der Waals surface area contributed by atoms with E-state index in [1.165, 1.54) is 17.6 Å². The van der Waals surface area contributed by atoms with Gasteiger partial charge >= 0.3 is 0 Å². The Morgan fingerprint density at radius 1 is 1.53 bits per heavy atom. The van der Waals surface area contributed by atoms with Crippen LogP contribution in [0.3, 0.4) is 0 Å². The van der Waals surface area contributed by atoms with Crippen molar-refractivity contribution in [3.63, 3.8) is 0 Å². The topological polar surface area (TPSA) is 69.6 Å². The molecular weight excluding hydrogens is 239 g/mol. The fraction of sp³-hybridized carbons (Fsp3) is 1.00. The predicted octanol–water partition coefficient (Wildman–Crippen LogP) is -0.662. The summed E-state index contributed by atoms with van der Waals surface area (Å²) < 4.78 is 24.3. The van der Waals surface area contributed by atoms with E-state index in [1.54, 1.807) is 13.8 Å². The Kier molecular flexibility index (Phi) is 3.99. The normalized spacial score (nSPS) is 31.8. The highest BCUT2D eigenvalue weighted by atomic mass is 32.2. The first-order valence-electron chi connectivity index (χ1n) is 5.62. The number of aliphatic hydroxyl groups is 1. The number of hydrogen-bond donors (Lipinski definition) is 2. The quantitative estimate of drug-likeness (QED) is 0.661. The van der Waals surface area contributed by atoms with Gasteiger partial charge in [0.1, 0.15) is 0 Å². The predicted molar refractivity (Wildman–Crippen MR) is 68.6 cm³/mol. The van der Waals surface area contributed by atoms with Gasteiger partial charge in [0.05, 0.1) is 19.7 Å². The van der Waals surface area contributed by atoms with Crippen molar-refractivity contribution in [2.75, 3.05) is 26.4 Å². The summed E-state index contributed by atoms with van der Waals surface area (Å²) in [6.45, 7) is 4.33. The largest absolute Gasteiger partial charge is 0.391 e. The third-order valence-electron chi connectivity index (χ3n) is 3.68. The summed E-state index contributed by atoms with van der Waals surface area (Å²) in [4.78, 5) is 0. The van der Waals surface area contributed by atoms with Crippen LogP contribution in [0.2, 0.25) is 5.31 Å². The minimum atomic E-state index is -3.24. The maximum Gasteiger partial charge on any atom is 0.211 e. The van der Waals surface area contributed by atoms with Crippen molar-refractivity contribution in [3.05, 3.63) is 0 Å². The van der Waals surface area contributed by atoms with Crippen molar-refractivity contribution in [3.8, 4) is 0 Å². The van der Waals surface area contributed by atoms with Gasteiger partial charge in [-0.1, -0.05) is 0 Å². The highest BCUT2D eigenvalue weighted by Crippen LogP contribution is 2.42. The molecule has 0 aromatic heterocycles. The van der Waals surface area contributed by atoms with Crippen molar-refractivity contribution >= 4 is 17.9 Å². The molecule has 0 amide bonds. The van der Waals surface area contributed by atoms with Crippen LogP contribution in [0.15, 0.2) is 0 Å². The molecule has 0 spiro atoms. The van der Waals surface area contributed by atoms with E-state index in [0.29, 0.717) is 19.5 Å². The van der Waals surface area contributed by atoms with E-state index >= 15 is 0 Å². The third kappa shape index (κ3) is 3.22. The van der Waals surface area contributed by atoms with Crippen molar-refractivity contribution in [2.45, 2.75) is 37.2 Å². The van der Waals surface area contributed by atoms with Crippen LogP contribution in [0.5, 0.6) is 0 Å². The van der Waals surface area contributed by atoms with E-state index in [0.717, 1.165) is 0 Å². The molecule has 2 atom stereocenters. The molecular formula is C10H21BN2O3S. The van der Waals surface area contributed by atoms with Crippen LogP contribution in [-0.4, -0.2) is 63.7 Å². The summed E-state index contributed by atoms with van der Waals surface area (Å²) in [5, 5.41) is 12.3. The zero-order chi connectivity index (χ0) is 13.5. The fourth-order valence-electron chi connectivity index (χ4n) is 2.02. The van der Waals surface area contributed by atoms with Gasteiger partial charge in [-0.25, -0.2) is 12.7 Å². The van der Waals surface area contributed by atoms with E-state index < -0.39 is 20.9 Å². The van der Waals surface area contributed by atoms with Crippen LogP contribution in [-0.2, 0) is 10.0 Å². The molecule has 1 heterocycles. The molecule has 1 rings (SSSR count). The van der Waals surface area contributed by atoms with Gasteiger partial charge in [-0.2, -0.15) is 0 Å². The monoisotopic (exact) mass is 260 g/mol. The summed E-state index contributed by atoms with van der Waals surface area (Å²) in [7, 11) is 4.47. The lowest BCUT2D eigenvalue weighted by Gasteiger charge is -2.48. The first-order valence-corrected chi connectivity index (χ1v) is 7.47. The number of sulfonamides is 1. The van der Waals surface area contributed by atoms with Crippen LogP contribution < -0.4 is 5.32 Å². The molecule has 1 saturated heterocycles. The molecule has 0 aliphatic carbocycles. The zero-order valence-corrected chi connectivity index (χ0v) is 11.7. The van der Waals surface area contributed by atoms with E-state index in [4.69, 9.17) is 7.85 Å². The van der Waals surface area contributed by atoms with Crippen LogP contribution in [0.4, 0.5) is 0 Å². The van der Waals surface area contributed by atoms with Gasteiger partial charge in [-0.05, 0) is 32.1 Å². The van der Waals surface area contributed by atoms with Crippen molar-refractivity contribution in [2.24, 2.45) is 0 Å². The summed E-state index contributed by atoms with van der Waals surface area (Å²) in [6, 6.07) is -0.227. The van der Waals surface area contributed by atoms with Crippen molar-refractivity contribution in [1.29, 1.82) is 0 Å². The third-order valence-corrected chi connectivity index (χ3v) is 5.02. The lowest BCUT2D eigenvalue weighted by atomic mass is 9.55. The van der Waals surface area contributed by atoms with Crippen LogP contribution in [0.25, 0.3) is 0 Å². The van der Waals surface area contributed by atoms with Gasteiger partial charge in [0.15, 0.2) is 0 Å². The molecule has 5 nitrogen and oxygen atoms in total. The number of nitrogens with one attached hydrogen (secondary N) is 1. The molecule has 0 saturated carbocycles. The minimum Gasteiger partial charge on any atom is -0.391 e. The Hall–Kier alpha value is -0.105. The van der Waals surface area contributed by atoms with Crippen LogP contribution in [0.1, 0.15) is 20.3 Å². The number of rotatable bonds is 3. The SMILES string of the molecule is [B][C@]1(C(C)(C)O)CNC[C@H](N(C)S(C)(=O)=O)C1. The molecule has 1 fully saturated rings. The van der Waals surface area contributed by atoms with Gasteiger partial charge in [0, 0.05) is 19.6 Å². The Labute approximate surface area is 105 Å². The summed E-state index contributed by atoms with van der Waals surface area (Å²) in [5.41, 5.74) is -1.06. The Morgan fingerprint density at radius 2 is 2.06 bits per heavy atom. The molecule has 0 unspecified atom stereocenters. The summed E-state index contributed by atoms with van der Waals surface area (Å²) in [5.74, 6) is 0. The average molecular weight is 260 g/mol. The maximum atomic E-state index is 11.5. The van der Waals surface area contributed by atoms with Crippen molar-refractivity contribution < 1.29 is 13.5 Å². The maximum absolute atomic E-state index is 11.5. The molecule has 17 heavy (non-hydrogen) atoms. The van der Waals surface area contributed by atoms with Gasteiger partial charge < -0.3 is 10.4 Å². The van der Waals surface area contributed by atoms with E-state index in [1.807, 2.05) is 0 Å². The van der Waals surface area contributed by atoms with E-state index in [-0.39, 0.29) is 6.04 Å². The lowest BCUT2D eigenvalue weighted by molar-refractivity contribution is 0.00832. The fourth-order valence-corrected chi connectivity index (χ4v) is 2.71. The molecule has 0 aromatic carbocycles. The Bertz CT molecular complexity index is 380. The van der Waals surface area contributed by atoms with Crippen LogP contribution in [0, 0.1) is 0 Å². The highest BCUT2D eigenvalue weighted by molar-refractivity contribution is 7.88. The smallest absolute Gasteiger partial charge is 0.211 e. The second kappa shape index (κ2) is 4.53. The first-order chi connectivity index (χ1) is 7.47. The van der Waals surface area contributed by atoms with E-state index in [2.05, 4.69) is 5.32 Å². The summed E-state index contributed by atoms with van der Waals surface area (Å²) >= 11 is 0. The second-order valence-electron chi connectivity index (χ2n) is 5.48. The summed E-state index contributed by atoms with van der Waals surface area (Å²) in [6.07, 6.45) is 1.61. The lowest BCUT2D eigenvalue weighted by Crippen LogP contribution is -2.57. The number of piperidine rings is 1. The van der Waals surface area contributed by atoms with Crippen LogP contribution >= 0.6 is 0 Å².